The maximum atomic E-state index is 13.6. The Balaban J connectivity index is 2.21. The fourth-order valence-corrected chi connectivity index (χ4v) is 1.73. The third-order valence-electron chi connectivity index (χ3n) is 2.40. The molecule has 0 saturated carbocycles. The lowest BCUT2D eigenvalue weighted by atomic mass is 10.1. The molecule has 7 heteroatoms. The van der Waals surface area contributed by atoms with Gasteiger partial charge in [0.2, 0.25) is 0 Å². The average molecular weight is 343 g/mol. The van der Waals surface area contributed by atoms with E-state index in [2.05, 4.69) is 20.9 Å². The first-order valence-electron chi connectivity index (χ1n) is 5.34. The minimum atomic E-state index is -0.866. The van der Waals surface area contributed by atoms with Crippen LogP contribution >= 0.6 is 15.9 Å². The summed E-state index contributed by atoms with van der Waals surface area (Å²) in [5.41, 5.74) is -0.541. The van der Waals surface area contributed by atoms with Crippen LogP contribution < -0.4 is 4.74 Å². The van der Waals surface area contributed by atoms with Gasteiger partial charge in [-0.25, -0.2) is 18.2 Å². The molecule has 0 N–H and O–H groups in total. The smallest absolute Gasteiger partial charge is 0.251 e. The van der Waals surface area contributed by atoms with Gasteiger partial charge in [0.1, 0.15) is 28.9 Å². The molecule has 20 heavy (non-hydrogen) atoms. The average Bonchev–Trinajstić information content (AvgIpc) is 2.42. The van der Waals surface area contributed by atoms with E-state index in [1.54, 1.807) is 0 Å². The second-order valence-corrected chi connectivity index (χ2v) is 4.56. The predicted octanol–water partition coefficient (Wildman–Crippen LogP) is 3.71. The Morgan fingerprint density at radius 2 is 1.90 bits per heavy atom. The van der Waals surface area contributed by atoms with Crippen LogP contribution in [0.25, 0.3) is 0 Å². The molecule has 0 saturated heterocycles. The predicted molar refractivity (Wildman–Crippen MR) is 67.3 cm³/mol. The summed E-state index contributed by atoms with van der Waals surface area (Å²) in [4.78, 5) is 3.72. The highest BCUT2D eigenvalue weighted by Gasteiger charge is 2.12. The van der Waals surface area contributed by atoms with Crippen LogP contribution in [0.3, 0.4) is 0 Å². The summed E-state index contributed by atoms with van der Waals surface area (Å²) in [6.07, 6.45) is 0. The van der Waals surface area contributed by atoms with E-state index in [1.165, 1.54) is 12.1 Å². The van der Waals surface area contributed by atoms with Crippen molar-refractivity contribution >= 4 is 15.9 Å². The molecule has 0 unspecified atom stereocenters. The first-order valence-corrected chi connectivity index (χ1v) is 6.13. The number of pyridine rings is 1. The van der Waals surface area contributed by atoms with E-state index >= 15 is 0 Å². The molecule has 0 radical (unpaired) electrons. The minimum Gasteiger partial charge on any atom is -0.471 e. The number of ether oxygens (including phenoxy) is 1. The fourth-order valence-electron chi connectivity index (χ4n) is 1.43. The molecule has 1 aromatic carbocycles. The number of nitriles is 1. The number of nitrogens with zero attached hydrogens (tertiary/aromatic N) is 2. The molecular weight excluding hydrogens is 337 g/mol. The summed E-state index contributed by atoms with van der Waals surface area (Å²) in [7, 11) is 0. The number of rotatable bonds is 3. The standard InChI is InChI=1S/C13H6BrF3N2O/c14-12-2-1-9(15)13(19-12)20-6-8-4-10(16)7(5-18)3-11(8)17/h1-4H,6H2. The first-order chi connectivity index (χ1) is 9.51. The summed E-state index contributed by atoms with van der Waals surface area (Å²) in [6, 6.07) is 5.63. The summed E-state index contributed by atoms with van der Waals surface area (Å²) < 4.78 is 45.6. The van der Waals surface area contributed by atoms with Crippen molar-refractivity contribution < 1.29 is 17.9 Å². The molecule has 0 spiro atoms. The summed E-state index contributed by atoms with van der Waals surface area (Å²) in [5.74, 6) is -2.72. The first kappa shape index (κ1) is 14.3. The van der Waals surface area contributed by atoms with Crippen molar-refractivity contribution in [1.82, 2.24) is 4.98 Å². The number of aromatic nitrogens is 1. The Kier molecular flexibility index (Phi) is 4.25. The lowest BCUT2D eigenvalue weighted by molar-refractivity contribution is 0.271. The van der Waals surface area contributed by atoms with Crippen LogP contribution in [0.4, 0.5) is 13.2 Å². The van der Waals surface area contributed by atoms with Crippen molar-refractivity contribution in [2.45, 2.75) is 6.61 Å². The third-order valence-corrected chi connectivity index (χ3v) is 2.84. The van der Waals surface area contributed by atoms with E-state index in [-0.39, 0.29) is 11.4 Å². The van der Waals surface area contributed by atoms with Crippen LogP contribution in [0.2, 0.25) is 0 Å². The Labute approximate surface area is 120 Å². The molecule has 102 valence electrons. The van der Waals surface area contributed by atoms with Crippen molar-refractivity contribution in [2.75, 3.05) is 0 Å². The van der Waals surface area contributed by atoms with Crippen molar-refractivity contribution in [2.24, 2.45) is 0 Å². The normalized spacial score (nSPS) is 10.2. The fraction of sp³-hybridized carbons (Fsp3) is 0.0769. The van der Waals surface area contributed by atoms with Crippen LogP contribution in [0, 0.1) is 28.8 Å². The monoisotopic (exact) mass is 342 g/mol. The zero-order valence-corrected chi connectivity index (χ0v) is 11.4. The highest BCUT2D eigenvalue weighted by molar-refractivity contribution is 9.10. The van der Waals surface area contributed by atoms with Gasteiger partial charge in [-0.1, -0.05) is 0 Å². The van der Waals surface area contributed by atoms with Crippen molar-refractivity contribution in [3.05, 3.63) is 57.4 Å². The molecule has 0 aliphatic carbocycles. The molecule has 0 bridgehead atoms. The van der Waals surface area contributed by atoms with Gasteiger partial charge in [-0.2, -0.15) is 5.26 Å². The number of benzene rings is 1. The number of hydrogen-bond donors (Lipinski definition) is 0. The van der Waals surface area contributed by atoms with Gasteiger partial charge in [-0.15, -0.1) is 0 Å². The van der Waals surface area contributed by atoms with Crippen LogP contribution in [0.1, 0.15) is 11.1 Å². The molecule has 1 heterocycles. The highest BCUT2D eigenvalue weighted by Crippen LogP contribution is 2.20. The molecule has 1 aromatic heterocycles. The highest BCUT2D eigenvalue weighted by atomic mass is 79.9. The van der Waals surface area contributed by atoms with Gasteiger partial charge >= 0.3 is 0 Å². The van der Waals surface area contributed by atoms with Crippen LogP contribution in [0.5, 0.6) is 5.88 Å². The minimum absolute atomic E-state index is 0.136. The van der Waals surface area contributed by atoms with Crippen molar-refractivity contribution in [3.8, 4) is 11.9 Å². The molecule has 0 amide bonds. The maximum absolute atomic E-state index is 13.6. The zero-order valence-electron chi connectivity index (χ0n) is 9.83. The maximum Gasteiger partial charge on any atom is 0.251 e. The van der Waals surface area contributed by atoms with E-state index in [0.717, 1.165) is 18.2 Å². The van der Waals surface area contributed by atoms with Gasteiger partial charge in [0.15, 0.2) is 5.82 Å². The van der Waals surface area contributed by atoms with Gasteiger partial charge in [0.25, 0.3) is 5.88 Å². The SMILES string of the molecule is N#Cc1cc(F)c(COc2nc(Br)ccc2F)cc1F. The second kappa shape index (κ2) is 5.92. The molecule has 0 aliphatic heterocycles. The van der Waals surface area contributed by atoms with Crippen molar-refractivity contribution in [3.63, 3.8) is 0 Å². The molecule has 0 atom stereocenters. The van der Waals surface area contributed by atoms with Crippen LogP contribution in [-0.2, 0) is 6.61 Å². The Morgan fingerprint density at radius 3 is 2.60 bits per heavy atom. The Morgan fingerprint density at radius 1 is 1.15 bits per heavy atom. The lowest BCUT2D eigenvalue weighted by Crippen LogP contribution is -2.03. The number of hydrogen-bond acceptors (Lipinski definition) is 3. The Hall–Kier alpha value is -2.07. The molecule has 2 rings (SSSR count). The van der Waals surface area contributed by atoms with Gasteiger partial charge in [-0.05, 0) is 40.2 Å². The van der Waals surface area contributed by atoms with Crippen molar-refractivity contribution in [1.29, 1.82) is 5.26 Å². The molecule has 0 aliphatic rings. The van der Waals surface area contributed by atoms with Gasteiger partial charge < -0.3 is 4.74 Å². The zero-order chi connectivity index (χ0) is 14.7. The van der Waals surface area contributed by atoms with E-state index in [4.69, 9.17) is 10.00 Å². The Bertz CT molecular complexity index is 701. The molecular formula is C13H6BrF3N2O. The molecule has 3 nitrogen and oxygen atoms in total. The third kappa shape index (κ3) is 3.08. The quantitative estimate of drug-likeness (QED) is 0.798. The number of halogens is 4. The van der Waals surface area contributed by atoms with Crippen LogP contribution in [-0.4, -0.2) is 4.98 Å². The van der Waals surface area contributed by atoms with E-state index in [1.807, 2.05) is 0 Å². The topological polar surface area (TPSA) is 45.9 Å². The van der Waals surface area contributed by atoms with E-state index in [0.29, 0.717) is 4.60 Å². The second-order valence-electron chi connectivity index (χ2n) is 3.74. The molecule has 2 aromatic rings. The van der Waals surface area contributed by atoms with E-state index in [9.17, 15) is 13.2 Å². The van der Waals surface area contributed by atoms with Gasteiger partial charge in [0.05, 0.1) is 5.56 Å². The van der Waals surface area contributed by atoms with Gasteiger partial charge in [-0.3, -0.25) is 0 Å². The summed E-state index contributed by atoms with van der Waals surface area (Å²) in [5, 5.41) is 8.56. The molecule has 0 fully saturated rings. The summed E-state index contributed by atoms with van der Waals surface area (Å²) >= 11 is 3.04. The van der Waals surface area contributed by atoms with Crippen LogP contribution in [0.15, 0.2) is 28.9 Å². The van der Waals surface area contributed by atoms with Gasteiger partial charge in [0, 0.05) is 5.56 Å². The largest absolute Gasteiger partial charge is 0.471 e. The lowest BCUT2D eigenvalue weighted by Gasteiger charge is -2.08. The van der Waals surface area contributed by atoms with E-state index < -0.39 is 29.6 Å². The summed E-state index contributed by atoms with van der Waals surface area (Å²) in [6.45, 7) is -0.408.